The molecule has 20 heavy (non-hydrogen) atoms. The van der Waals surface area contributed by atoms with Gasteiger partial charge >= 0.3 is 0 Å². The van der Waals surface area contributed by atoms with E-state index < -0.39 is 5.41 Å². The Hall–Kier alpha value is -0.970. The van der Waals surface area contributed by atoms with Crippen molar-refractivity contribution < 1.29 is 9.53 Å². The highest BCUT2D eigenvalue weighted by Gasteiger charge is 2.25. The summed E-state index contributed by atoms with van der Waals surface area (Å²) < 4.78 is 5.47. The average Bonchev–Trinajstić information content (AvgIpc) is 2.37. The minimum Gasteiger partial charge on any atom is -0.492 e. The third-order valence-electron chi connectivity index (χ3n) is 2.78. The second kappa shape index (κ2) is 8.35. The van der Waals surface area contributed by atoms with Gasteiger partial charge in [-0.05, 0) is 38.5 Å². The molecule has 0 saturated carbocycles. The van der Waals surface area contributed by atoms with Gasteiger partial charge in [-0.15, -0.1) is 12.4 Å². The Morgan fingerprint density at radius 3 is 2.60 bits per heavy atom. The monoisotopic (exact) mass is 320 g/mol. The van der Waals surface area contributed by atoms with E-state index in [1.54, 1.807) is 32.0 Å². The standard InChI is InChI=1S/C14H21ClN2O2.ClH/c1-4-7-19-12-6-5-10(8-11(12)15)17-13(18)14(2,3)9-16;/h5-6,8H,4,7,9,16H2,1-3H3,(H,17,18);1H. The van der Waals surface area contributed by atoms with Crippen LogP contribution < -0.4 is 15.8 Å². The van der Waals surface area contributed by atoms with Crippen molar-refractivity contribution in [2.45, 2.75) is 27.2 Å². The highest BCUT2D eigenvalue weighted by molar-refractivity contribution is 6.32. The zero-order chi connectivity index (χ0) is 14.5. The van der Waals surface area contributed by atoms with Crippen LogP contribution in [-0.4, -0.2) is 19.1 Å². The molecule has 0 aliphatic heterocycles. The lowest BCUT2D eigenvalue weighted by Gasteiger charge is -2.21. The molecular formula is C14H22Cl2N2O2. The number of rotatable bonds is 6. The van der Waals surface area contributed by atoms with E-state index in [2.05, 4.69) is 5.32 Å². The molecule has 0 heterocycles. The lowest BCUT2D eigenvalue weighted by atomic mass is 9.92. The number of carbonyl (C=O) groups excluding carboxylic acids is 1. The number of ether oxygens (including phenoxy) is 1. The molecular weight excluding hydrogens is 299 g/mol. The molecule has 0 aromatic heterocycles. The van der Waals surface area contributed by atoms with Crippen molar-refractivity contribution in [3.05, 3.63) is 23.2 Å². The van der Waals surface area contributed by atoms with Crippen molar-refractivity contribution in [1.82, 2.24) is 0 Å². The number of halogens is 2. The molecule has 3 N–H and O–H groups in total. The van der Waals surface area contributed by atoms with Gasteiger partial charge in [0.1, 0.15) is 5.75 Å². The summed E-state index contributed by atoms with van der Waals surface area (Å²) in [6, 6.07) is 5.20. The fraction of sp³-hybridized carbons (Fsp3) is 0.500. The summed E-state index contributed by atoms with van der Waals surface area (Å²) in [6.45, 7) is 6.51. The summed E-state index contributed by atoms with van der Waals surface area (Å²) in [7, 11) is 0. The largest absolute Gasteiger partial charge is 0.492 e. The van der Waals surface area contributed by atoms with Crippen LogP contribution >= 0.6 is 24.0 Å². The van der Waals surface area contributed by atoms with Crippen LogP contribution in [0.5, 0.6) is 5.75 Å². The first-order valence-corrected chi connectivity index (χ1v) is 6.72. The zero-order valence-electron chi connectivity index (χ0n) is 12.0. The Kier molecular flexibility index (Phi) is 7.94. The van der Waals surface area contributed by atoms with E-state index in [0.29, 0.717) is 23.1 Å². The Labute approximate surface area is 131 Å². The van der Waals surface area contributed by atoms with Crippen LogP contribution in [0.3, 0.4) is 0 Å². The molecule has 1 rings (SSSR count). The van der Waals surface area contributed by atoms with Gasteiger partial charge in [-0.3, -0.25) is 4.79 Å². The van der Waals surface area contributed by atoms with E-state index in [1.165, 1.54) is 0 Å². The molecule has 0 unspecified atom stereocenters. The fourth-order valence-electron chi connectivity index (χ4n) is 1.30. The number of carbonyl (C=O) groups is 1. The lowest BCUT2D eigenvalue weighted by Crippen LogP contribution is -2.37. The van der Waals surface area contributed by atoms with Crippen molar-refractivity contribution in [3.63, 3.8) is 0 Å². The molecule has 1 amide bonds. The minimum absolute atomic E-state index is 0. The maximum absolute atomic E-state index is 12.0. The van der Waals surface area contributed by atoms with Crippen molar-refractivity contribution in [2.24, 2.45) is 11.1 Å². The van der Waals surface area contributed by atoms with Gasteiger partial charge in [0.25, 0.3) is 0 Å². The number of amides is 1. The lowest BCUT2D eigenvalue weighted by molar-refractivity contribution is -0.123. The van der Waals surface area contributed by atoms with Crippen LogP contribution in [0.2, 0.25) is 5.02 Å². The first-order chi connectivity index (χ1) is 8.90. The van der Waals surface area contributed by atoms with Crippen LogP contribution in [0.4, 0.5) is 5.69 Å². The SMILES string of the molecule is CCCOc1ccc(NC(=O)C(C)(C)CN)cc1Cl.Cl. The number of hydrogen-bond acceptors (Lipinski definition) is 3. The third-order valence-corrected chi connectivity index (χ3v) is 3.07. The zero-order valence-corrected chi connectivity index (χ0v) is 13.6. The van der Waals surface area contributed by atoms with Gasteiger partial charge in [0, 0.05) is 12.2 Å². The van der Waals surface area contributed by atoms with Gasteiger partial charge in [0.15, 0.2) is 0 Å². The van der Waals surface area contributed by atoms with Crippen LogP contribution in [0, 0.1) is 5.41 Å². The Bertz CT molecular complexity index is 451. The van der Waals surface area contributed by atoms with E-state index >= 15 is 0 Å². The maximum atomic E-state index is 12.0. The van der Waals surface area contributed by atoms with E-state index in [-0.39, 0.29) is 24.9 Å². The van der Waals surface area contributed by atoms with Gasteiger partial charge in [-0.1, -0.05) is 18.5 Å². The van der Waals surface area contributed by atoms with Gasteiger partial charge in [-0.25, -0.2) is 0 Å². The second-order valence-electron chi connectivity index (χ2n) is 5.04. The average molecular weight is 321 g/mol. The molecule has 0 aliphatic carbocycles. The quantitative estimate of drug-likeness (QED) is 0.843. The highest BCUT2D eigenvalue weighted by Crippen LogP contribution is 2.28. The number of anilines is 1. The summed E-state index contributed by atoms with van der Waals surface area (Å²) in [4.78, 5) is 12.0. The molecule has 4 nitrogen and oxygen atoms in total. The van der Waals surface area contributed by atoms with Crippen molar-refractivity contribution in [1.29, 1.82) is 0 Å². The van der Waals surface area contributed by atoms with Crippen LogP contribution in [0.1, 0.15) is 27.2 Å². The highest BCUT2D eigenvalue weighted by atomic mass is 35.5. The molecule has 6 heteroatoms. The van der Waals surface area contributed by atoms with E-state index in [1.807, 2.05) is 6.92 Å². The molecule has 0 saturated heterocycles. The first kappa shape index (κ1) is 19.0. The second-order valence-corrected chi connectivity index (χ2v) is 5.44. The van der Waals surface area contributed by atoms with Gasteiger partial charge < -0.3 is 15.8 Å². The van der Waals surface area contributed by atoms with Crippen LogP contribution in [-0.2, 0) is 4.79 Å². The molecule has 0 bridgehead atoms. The van der Waals surface area contributed by atoms with E-state index in [0.717, 1.165) is 6.42 Å². The van der Waals surface area contributed by atoms with Crippen LogP contribution in [0.15, 0.2) is 18.2 Å². The summed E-state index contributed by atoms with van der Waals surface area (Å²) in [5.74, 6) is 0.493. The van der Waals surface area contributed by atoms with Gasteiger partial charge in [0.05, 0.1) is 17.0 Å². The molecule has 1 aromatic rings. The summed E-state index contributed by atoms with van der Waals surface area (Å²) in [5.41, 5.74) is 5.59. The smallest absolute Gasteiger partial charge is 0.231 e. The third kappa shape index (κ3) is 5.19. The topological polar surface area (TPSA) is 64.3 Å². The Morgan fingerprint density at radius 2 is 2.10 bits per heavy atom. The summed E-state index contributed by atoms with van der Waals surface area (Å²) in [5, 5.41) is 3.28. The predicted molar refractivity (Wildman–Crippen MR) is 86.0 cm³/mol. The molecule has 0 atom stereocenters. The number of benzene rings is 1. The van der Waals surface area contributed by atoms with Crippen molar-refractivity contribution in [3.8, 4) is 5.75 Å². The Balaban J connectivity index is 0.00000361. The van der Waals surface area contributed by atoms with Crippen molar-refractivity contribution >= 4 is 35.6 Å². The molecule has 0 spiro atoms. The Morgan fingerprint density at radius 1 is 1.45 bits per heavy atom. The summed E-state index contributed by atoms with van der Waals surface area (Å²) >= 11 is 6.10. The molecule has 1 aromatic carbocycles. The van der Waals surface area contributed by atoms with E-state index in [9.17, 15) is 4.79 Å². The minimum atomic E-state index is -0.607. The maximum Gasteiger partial charge on any atom is 0.231 e. The van der Waals surface area contributed by atoms with Gasteiger partial charge in [-0.2, -0.15) is 0 Å². The molecule has 114 valence electrons. The first-order valence-electron chi connectivity index (χ1n) is 6.34. The van der Waals surface area contributed by atoms with Crippen LogP contribution in [0.25, 0.3) is 0 Å². The molecule has 0 aliphatic rings. The number of nitrogens with two attached hydrogens (primary N) is 1. The number of hydrogen-bond donors (Lipinski definition) is 2. The normalized spacial score (nSPS) is 10.7. The molecule has 0 fully saturated rings. The number of nitrogens with one attached hydrogen (secondary N) is 1. The van der Waals surface area contributed by atoms with Gasteiger partial charge in [0.2, 0.25) is 5.91 Å². The fourth-order valence-corrected chi connectivity index (χ4v) is 1.54. The van der Waals surface area contributed by atoms with Crippen molar-refractivity contribution in [2.75, 3.05) is 18.5 Å². The molecule has 0 radical (unpaired) electrons. The predicted octanol–water partition coefficient (Wildman–Crippen LogP) is 3.47. The summed E-state index contributed by atoms with van der Waals surface area (Å²) in [6.07, 6.45) is 0.916. The van der Waals surface area contributed by atoms with E-state index in [4.69, 9.17) is 22.1 Å².